The average Bonchev–Trinajstić information content (AvgIpc) is 3.24. The van der Waals surface area contributed by atoms with E-state index < -0.39 is 5.41 Å². The fourth-order valence-electron chi connectivity index (χ4n) is 2.40. The second-order valence-electron chi connectivity index (χ2n) is 5.33. The van der Waals surface area contributed by atoms with Crippen LogP contribution < -0.4 is 5.73 Å². The van der Waals surface area contributed by atoms with Gasteiger partial charge in [0.05, 0.1) is 25.7 Å². The zero-order valence-corrected chi connectivity index (χ0v) is 12.2. The van der Waals surface area contributed by atoms with E-state index >= 15 is 0 Å². The molecule has 0 saturated heterocycles. The van der Waals surface area contributed by atoms with Gasteiger partial charge >= 0.3 is 5.97 Å². The van der Waals surface area contributed by atoms with Gasteiger partial charge in [-0.15, -0.1) is 0 Å². The summed E-state index contributed by atoms with van der Waals surface area (Å²) in [6, 6.07) is 0. The number of hydrogen-bond acceptors (Lipinski definition) is 5. The van der Waals surface area contributed by atoms with Gasteiger partial charge in [-0.3, -0.25) is 4.79 Å². The second-order valence-corrected chi connectivity index (χ2v) is 5.33. The van der Waals surface area contributed by atoms with E-state index in [2.05, 4.69) is 0 Å². The molecule has 1 aliphatic rings. The first-order valence-corrected chi connectivity index (χ1v) is 7.03. The largest absolute Gasteiger partial charge is 0.469 e. The molecule has 0 spiro atoms. The highest BCUT2D eigenvalue weighted by molar-refractivity contribution is 5.77. The Morgan fingerprint density at radius 3 is 2.53 bits per heavy atom. The van der Waals surface area contributed by atoms with Crippen molar-refractivity contribution >= 4 is 5.97 Å². The molecule has 0 amide bonds. The van der Waals surface area contributed by atoms with Crippen molar-refractivity contribution in [1.29, 1.82) is 0 Å². The van der Waals surface area contributed by atoms with E-state index in [1.165, 1.54) is 20.0 Å². The monoisotopic (exact) mass is 273 g/mol. The van der Waals surface area contributed by atoms with Crippen molar-refractivity contribution in [3.05, 3.63) is 0 Å². The second kappa shape index (κ2) is 8.51. The van der Waals surface area contributed by atoms with Crippen molar-refractivity contribution in [2.45, 2.75) is 32.1 Å². The third kappa shape index (κ3) is 5.47. The van der Waals surface area contributed by atoms with Gasteiger partial charge in [0.15, 0.2) is 0 Å². The maximum absolute atomic E-state index is 12.0. The molecule has 2 N–H and O–H groups in total. The first-order valence-electron chi connectivity index (χ1n) is 7.03. The molecule has 0 aromatic heterocycles. The number of esters is 1. The van der Waals surface area contributed by atoms with Gasteiger partial charge in [0.1, 0.15) is 0 Å². The normalized spacial score (nSPS) is 18.1. The van der Waals surface area contributed by atoms with Crippen molar-refractivity contribution in [3.8, 4) is 0 Å². The molecule has 0 aromatic carbocycles. The molecule has 112 valence electrons. The fraction of sp³-hybridized carbons (Fsp3) is 0.929. The van der Waals surface area contributed by atoms with Crippen LogP contribution in [0.1, 0.15) is 32.1 Å². The zero-order valence-electron chi connectivity index (χ0n) is 12.2. The van der Waals surface area contributed by atoms with Crippen molar-refractivity contribution in [1.82, 2.24) is 0 Å². The van der Waals surface area contributed by atoms with Crippen LogP contribution in [0.25, 0.3) is 0 Å². The number of nitrogens with two attached hydrogens (primary N) is 1. The lowest BCUT2D eigenvalue weighted by atomic mass is 9.78. The summed E-state index contributed by atoms with van der Waals surface area (Å²) in [6.45, 7) is 2.18. The van der Waals surface area contributed by atoms with E-state index in [9.17, 15) is 4.79 Å². The third-order valence-electron chi connectivity index (χ3n) is 3.76. The van der Waals surface area contributed by atoms with Gasteiger partial charge in [0, 0.05) is 20.3 Å². The lowest BCUT2D eigenvalue weighted by molar-refractivity contribution is -0.153. The lowest BCUT2D eigenvalue weighted by Crippen LogP contribution is -2.40. The summed E-state index contributed by atoms with van der Waals surface area (Å²) in [5.74, 6) is 0.482. The summed E-state index contributed by atoms with van der Waals surface area (Å²) in [5.41, 5.74) is 5.35. The van der Waals surface area contributed by atoms with Crippen LogP contribution in [0.4, 0.5) is 0 Å². The zero-order chi connectivity index (χ0) is 14.1. The standard InChI is InChI=1S/C14H27NO4/c1-17-8-9-19-7-3-6-14(11-15,13(16)18-2)10-12-4-5-12/h12H,3-11,15H2,1-2H3. The summed E-state index contributed by atoms with van der Waals surface area (Å²) < 4.78 is 15.3. The van der Waals surface area contributed by atoms with Gasteiger partial charge in [0.25, 0.3) is 0 Å². The van der Waals surface area contributed by atoms with Crippen molar-refractivity contribution in [3.63, 3.8) is 0 Å². The van der Waals surface area contributed by atoms with Gasteiger partial charge in [-0.05, 0) is 25.2 Å². The predicted molar refractivity (Wildman–Crippen MR) is 72.8 cm³/mol. The molecule has 1 unspecified atom stereocenters. The smallest absolute Gasteiger partial charge is 0.313 e. The molecule has 5 nitrogen and oxygen atoms in total. The van der Waals surface area contributed by atoms with Crippen LogP contribution in [0.3, 0.4) is 0 Å². The number of carbonyl (C=O) groups is 1. The summed E-state index contributed by atoms with van der Waals surface area (Å²) in [7, 11) is 3.09. The molecule has 0 heterocycles. The van der Waals surface area contributed by atoms with Crippen LogP contribution in [0.5, 0.6) is 0 Å². The highest BCUT2D eigenvalue weighted by Gasteiger charge is 2.42. The Morgan fingerprint density at radius 1 is 1.26 bits per heavy atom. The first-order chi connectivity index (χ1) is 9.18. The molecular formula is C14H27NO4. The number of methoxy groups -OCH3 is 2. The molecule has 0 aliphatic heterocycles. The Kier molecular flexibility index (Phi) is 7.34. The lowest BCUT2D eigenvalue weighted by Gasteiger charge is -2.29. The molecular weight excluding hydrogens is 246 g/mol. The number of rotatable bonds is 11. The minimum atomic E-state index is -0.513. The molecule has 19 heavy (non-hydrogen) atoms. The van der Waals surface area contributed by atoms with Crippen LogP contribution in [-0.4, -0.2) is 46.6 Å². The van der Waals surface area contributed by atoms with Gasteiger partial charge in [0.2, 0.25) is 0 Å². The fourth-order valence-corrected chi connectivity index (χ4v) is 2.40. The maximum Gasteiger partial charge on any atom is 0.313 e. The minimum Gasteiger partial charge on any atom is -0.469 e. The molecule has 1 fully saturated rings. The number of ether oxygens (including phenoxy) is 3. The van der Waals surface area contributed by atoms with Crippen LogP contribution in [-0.2, 0) is 19.0 Å². The predicted octanol–water partition coefficient (Wildman–Crippen LogP) is 1.35. The van der Waals surface area contributed by atoms with Crippen LogP contribution in [0.15, 0.2) is 0 Å². The molecule has 1 atom stereocenters. The molecule has 1 saturated carbocycles. The van der Waals surface area contributed by atoms with E-state index in [0.717, 1.165) is 19.3 Å². The SMILES string of the molecule is COCCOCCCC(CN)(CC1CC1)C(=O)OC. The molecule has 1 rings (SSSR count). The Morgan fingerprint density at radius 2 is 2.00 bits per heavy atom. The van der Waals surface area contributed by atoms with Gasteiger partial charge < -0.3 is 19.9 Å². The molecule has 0 radical (unpaired) electrons. The van der Waals surface area contributed by atoms with E-state index in [-0.39, 0.29) is 5.97 Å². The van der Waals surface area contributed by atoms with Gasteiger partial charge in [-0.2, -0.15) is 0 Å². The third-order valence-corrected chi connectivity index (χ3v) is 3.76. The van der Waals surface area contributed by atoms with Crippen molar-refractivity contribution in [2.24, 2.45) is 17.1 Å². The summed E-state index contributed by atoms with van der Waals surface area (Å²) in [6.07, 6.45) is 4.84. The van der Waals surface area contributed by atoms with Crippen LogP contribution >= 0.6 is 0 Å². The first kappa shape index (κ1) is 16.4. The van der Waals surface area contributed by atoms with Gasteiger partial charge in [-0.1, -0.05) is 12.8 Å². The molecule has 0 bridgehead atoms. The molecule has 5 heteroatoms. The summed E-state index contributed by atoms with van der Waals surface area (Å²) >= 11 is 0. The molecule has 1 aliphatic carbocycles. The Bertz CT molecular complexity index is 268. The Hall–Kier alpha value is -0.650. The van der Waals surface area contributed by atoms with Crippen LogP contribution in [0.2, 0.25) is 0 Å². The topological polar surface area (TPSA) is 70.8 Å². The minimum absolute atomic E-state index is 0.168. The number of hydrogen-bond donors (Lipinski definition) is 1. The Labute approximate surface area is 115 Å². The maximum atomic E-state index is 12.0. The summed E-state index contributed by atoms with van der Waals surface area (Å²) in [5, 5.41) is 0. The van der Waals surface area contributed by atoms with E-state index in [1.54, 1.807) is 7.11 Å². The number of carbonyl (C=O) groups excluding carboxylic acids is 1. The molecule has 0 aromatic rings. The van der Waals surface area contributed by atoms with Crippen molar-refractivity contribution in [2.75, 3.05) is 40.6 Å². The Balaban J connectivity index is 2.37. The summed E-state index contributed by atoms with van der Waals surface area (Å²) in [4.78, 5) is 12.0. The highest BCUT2D eigenvalue weighted by Crippen LogP contribution is 2.42. The highest BCUT2D eigenvalue weighted by atomic mass is 16.5. The van der Waals surface area contributed by atoms with Crippen molar-refractivity contribution < 1.29 is 19.0 Å². The average molecular weight is 273 g/mol. The van der Waals surface area contributed by atoms with Gasteiger partial charge in [-0.25, -0.2) is 0 Å². The van der Waals surface area contributed by atoms with E-state index in [0.29, 0.717) is 32.3 Å². The van der Waals surface area contributed by atoms with Crippen LogP contribution in [0, 0.1) is 11.3 Å². The van der Waals surface area contributed by atoms with E-state index in [1.807, 2.05) is 0 Å². The quantitative estimate of drug-likeness (QED) is 0.454. The van der Waals surface area contributed by atoms with E-state index in [4.69, 9.17) is 19.9 Å².